The average Bonchev–Trinajstić information content (AvgIpc) is 3.08. The number of rotatable bonds is 2. The predicted molar refractivity (Wildman–Crippen MR) is 113 cm³/mol. The van der Waals surface area contributed by atoms with Gasteiger partial charge in [-0.1, -0.05) is 48.5 Å². The molecule has 0 atom stereocenters. The maximum atomic E-state index is 6.38. The molecule has 4 aromatic carbocycles. The van der Waals surface area contributed by atoms with Crippen LogP contribution in [0.1, 0.15) is 0 Å². The minimum absolute atomic E-state index is 0.743. The van der Waals surface area contributed by atoms with Crippen molar-refractivity contribution < 1.29 is 4.42 Å². The van der Waals surface area contributed by atoms with E-state index in [0.29, 0.717) is 0 Å². The molecule has 0 bridgehead atoms. The fourth-order valence-electron chi connectivity index (χ4n) is 3.64. The van der Waals surface area contributed by atoms with E-state index in [1.165, 1.54) is 0 Å². The second-order valence-corrected chi connectivity index (χ2v) is 6.70. The highest BCUT2D eigenvalue weighted by atomic mass is 16.3. The van der Waals surface area contributed by atoms with Crippen molar-refractivity contribution in [3.8, 4) is 22.3 Å². The van der Waals surface area contributed by atoms with E-state index in [1.807, 2.05) is 66.7 Å². The number of nitrogen functional groups attached to an aromatic ring is 2. The number of benzene rings is 4. The molecule has 4 N–H and O–H groups in total. The lowest BCUT2D eigenvalue weighted by molar-refractivity contribution is 0.669. The molecule has 0 aliphatic rings. The van der Waals surface area contributed by atoms with Crippen LogP contribution in [0.15, 0.2) is 89.3 Å². The van der Waals surface area contributed by atoms with Crippen LogP contribution in [0.4, 0.5) is 11.4 Å². The molecule has 3 nitrogen and oxygen atoms in total. The molecule has 0 aliphatic carbocycles. The summed E-state index contributed by atoms with van der Waals surface area (Å²) in [5.41, 5.74) is 19.7. The Hall–Kier alpha value is -3.72. The lowest BCUT2D eigenvalue weighted by atomic mass is 9.94. The molecule has 5 rings (SSSR count). The zero-order chi connectivity index (χ0) is 18.4. The first-order chi connectivity index (χ1) is 13.2. The van der Waals surface area contributed by atoms with E-state index in [9.17, 15) is 0 Å². The Bertz CT molecular complexity index is 1280. The Morgan fingerprint density at radius 1 is 0.593 bits per heavy atom. The van der Waals surface area contributed by atoms with Crippen LogP contribution in [0.2, 0.25) is 0 Å². The molecule has 0 fully saturated rings. The third kappa shape index (κ3) is 2.52. The highest BCUT2D eigenvalue weighted by molar-refractivity contribution is 6.13. The van der Waals surface area contributed by atoms with E-state index in [2.05, 4.69) is 18.2 Å². The van der Waals surface area contributed by atoms with Crippen molar-refractivity contribution in [2.45, 2.75) is 0 Å². The molecule has 5 aromatic rings. The second kappa shape index (κ2) is 5.92. The lowest BCUT2D eigenvalue weighted by Crippen LogP contribution is -1.92. The normalized spacial score (nSPS) is 11.3. The van der Waals surface area contributed by atoms with Gasteiger partial charge in [-0.15, -0.1) is 0 Å². The van der Waals surface area contributed by atoms with Crippen molar-refractivity contribution in [2.24, 2.45) is 0 Å². The molecular weight excluding hydrogens is 332 g/mol. The molecule has 1 heterocycles. The van der Waals surface area contributed by atoms with Crippen molar-refractivity contribution in [2.75, 3.05) is 11.5 Å². The van der Waals surface area contributed by atoms with Crippen LogP contribution in [0.5, 0.6) is 0 Å². The zero-order valence-corrected chi connectivity index (χ0v) is 14.6. The van der Waals surface area contributed by atoms with Crippen LogP contribution in [0.3, 0.4) is 0 Å². The Morgan fingerprint density at radius 3 is 2.19 bits per heavy atom. The molecule has 0 spiro atoms. The van der Waals surface area contributed by atoms with Gasteiger partial charge in [-0.3, -0.25) is 0 Å². The molecule has 130 valence electrons. The summed E-state index contributed by atoms with van der Waals surface area (Å²) in [6.07, 6.45) is 0. The summed E-state index contributed by atoms with van der Waals surface area (Å²) in [6, 6.07) is 28.2. The standard InChI is InChI=1S/C24H18N2O/c25-17-11-8-15(9-12-17)16-10-13-21(26)20(14-16)18-5-3-7-23-24(18)19-4-1-2-6-22(19)27-23/h1-14H,25-26H2. The fraction of sp³-hybridized carbons (Fsp3) is 0. The molecule has 0 saturated carbocycles. The SMILES string of the molecule is Nc1ccc(-c2ccc(N)c(-c3cccc4oc5ccccc5c34)c2)cc1. The molecule has 27 heavy (non-hydrogen) atoms. The monoisotopic (exact) mass is 350 g/mol. The largest absolute Gasteiger partial charge is 0.456 e. The fourth-order valence-corrected chi connectivity index (χ4v) is 3.64. The number of nitrogens with two attached hydrogens (primary N) is 2. The van der Waals surface area contributed by atoms with E-state index >= 15 is 0 Å². The van der Waals surface area contributed by atoms with Gasteiger partial charge in [0.15, 0.2) is 0 Å². The summed E-state index contributed by atoms with van der Waals surface area (Å²) in [4.78, 5) is 0. The molecule has 1 aromatic heterocycles. The third-order valence-electron chi connectivity index (χ3n) is 4.99. The van der Waals surface area contributed by atoms with E-state index in [1.54, 1.807) is 0 Å². The summed E-state index contributed by atoms with van der Waals surface area (Å²) in [5.74, 6) is 0. The Balaban J connectivity index is 1.77. The van der Waals surface area contributed by atoms with Crippen molar-refractivity contribution >= 4 is 33.3 Å². The third-order valence-corrected chi connectivity index (χ3v) is 4.99. The molecule has 3 heteroatoms. The van der Waals surface area contributed by atoms with Crippen molar-refractivity contribution in [1.82, 2.24) is 0 Å². The van der Waals surface area contributed by atoms with Crippen molar-refractivity contribution in [3.05, 3.63) is 84.9 Å². The maximum absolute atomic E-state index is 6.38. The first kappa shape index (κ1) is 15.5. The first-order valence-corrected chi connectivity index (χ1v) is 8.87. The maximum Gasteiger partial charge on any atom is 0.136 e. The molecular formula is C24H18N2O. The van der Waals surface area contributed by atoms with Gasteiger partial charge in [0.05, 0.1) is 0 Å². The minimum Gasteiger partial charge on any atom is -0.456 e. The van der Waals surface area contributed by atoms with Gasteiger partial charge < -0.3 is 15.9 Å². The van der Waals surface area contributed by atoms with Gasteiger partial charge >= 0.3 is 0 Å². The number of para-hydroxylation sites is 1. The highest BCUT2D eigenvalue weighted by Crippen LogP contribution is 2.39. The number of fused-ring (bicyclic) bond motifs is 3. The Labute approximate surface area is 156 Å². The van der Waals surface area contributed by atoms with Gasteiger partial charge in [-0.05, 0) is 53.1 Å². The average molecular weight is 350 g/mol. The smallest absolute Gasteiger partial charge is 0.136 e. The molecule has 0 unspecified atom stereocenters. The zero-order valence-electron chi connectivity index (χ0n) is 14.6. The first-order valence-electron chi connectivity index (χ1n) is 8.87. The van der Waals surface area contributed by atoms with Crippen LogP contribution in [0, 0.1) is 0 Å². The number of anilines is 2. The summed E-state index contributed by atoms with van der Waals surface area (Å²) < 4.78 is 6.03. The molecule has 0 amide bonds. The second-order valence-electron chi connectivity index (χ2n) is 6.70. The number of furan rings is 1. The van der Waals surface area contributed by atoms with Gasteiger partial charge in [-0.2, -0.15) is 0 Å². The van der Waals surface area contributed by atoms with E-state index in [4.69, 9.17) is 15.9 Å². The number of hydrogen-bond donors (Lipinski definition) is 2. The van der Waals surface area contributed by atoms with Crippen LogP contribution in [-0.4, -0.2) is 0 Å². The number of hydrogen-bond acceptors (Lipinski definition) is 3. The summed E-state index contributed by atoms with van der Waals surface area (Å²) >= 11 is 0. The van der Waals surface area contributed by atoms with Crippen LogP contribution in [-0.2, 0) is 0 Å². The van der Waals surface area contributed by atoms with Crippen molar-refractivity contribution in [1.29, 1.82) is 0 Å². The lowest BCUT2D eigenvalue weighted by Gasteiger charge is -2.11. The van der Waals surface area contributed by atoms with Gasteiger partial charge in [0, 0.05) is 27.7 Å². The van der Waals surface area contributed by atoms with E-state index in [-0.39, 0.29) is 0 Å². The van der Waals surface area contributed by atoms with Gasteiger partial charge in [0.1, 0.15) is 11.2 Å². The predicted octanol–water partition coefficient (Wildman–Crippen LogP) is 6.08. The Kier molecular flexibility index (Phi) is 3.41. The summed E-state index contributed by atoms with van der Waals surface area (Å²) in [7, 11) is 0. The quantitative estimate of drug-likeness (QED) is 0.379. The minimum atomic E-state index is 0.743. The van der Waals surface area contributed by atoms with E-state index in [0.717, 1.165) is 55.6 Å². The molecule has 0 radical (unpaired) electrons. The summed E-state index contributed by atoms with van der Waals surface area (Å²) in [5, 5.41) is 2.19. The Morgan fingerprint density at radius 2 is 1.33 bits per heavy atom. The van der Waals surface area contributed by atoms with Gasteiger partial charge in [0.2, 0.25) is 0 Å². The summed E-state index contributed by atoms with van der Waals surface area (Å²) in [6.45, 7) is 0. The van der Waals surface area contributed by atoms with Gasteiger partial charge in [-0.25, -0.2) is 0 Å². The molecule has 0 aliphatic heterocycles. The highest BCUT2D eigenvalue weighted by Gasteiger charge is 2.14. The van der Waals surface area contributed by atoms with Crippen molar-refractivity contribution in [3.63, 3.8) is 0 Å². The van der Waals surface area contributed by atoms with Crippen LogP contribution >= 0.6 is 0 Å². The molecule has 0 saturated heterocycles. The van der Waals surface area contributed by atoms with Crippen LogP contribution in [0.25, 0.3) is 44.2 Å². The topological polar surface area (TPSA) is 65.2 Å². The van der Waals surface area contributed by atoms with Crippen LogP contribution < -0.4 is 11.5 Å². The van der Waals surface area contributed by atoms with Gasteiger partial charge in [0.25, 0.3) is 0 Å². The van der Waals surface area contributed by atoms with E-state index < -0.39 is 0 Å².